The average molecular weight is 424 g/mol. The molecule has 2 aromatic carbocycles. The van der Waals surface area contributed by atoms with Crippen molar-refractivity contribution >= 4 is 34.9 Å². The molecule has 1 aromatic heterocycles. The average Bonchev–Trinajstić information content (AvgIpc) is 3.22. The number of carbonyl (C=O) groups excluding carboxylic acids is 3. The lowest BCUT2D eigenvalue weighted by molar-refractivity contribution is -0.115. The summed E-state index contributed by atoms with van der Waals surface area (Å²) in [4.78, 5) is 40.7. The Balaban J connectivity index is 1.61. The highest BCUT2D eigenvalue weighted by molar-refractivity contribution is 7.11. The van der Waals surface area contributed by atoms with E-state index in [-0.39, 0.29) is 36.1 Å². The molecule has 30 heavy (non-hydrogen) atoms. The highest BCUT2D eigenvalue weighted by atomic mass is 32.1. The molecular weight excluding hydrogens is 404 g/mol. The zero-order valence-electron chi connectivity index (χ0n) is 16.3. The predicted molar refractivity (Wildman–Crippen MR) is 112 cm³/mol. The van der Waals surface area contributed by atoms with Crippen LogP contribution in [0.3, 0.4) is 0 Å². The van der Waals surface area contributed by atoms with Crippen LogP contribution in [0.15, 0.2) is 60.0 Å². The third-order valence-corrected chi connectivity index (χ3v) is 4.85. The van der Waals surface area contributed by atoms with Gasteiger partial charge in [-0.25, -0.2) is 14.6 Å². The normalized spacial score (nSPS) is 10.3. The second kappa shape index (κ2) is 10.3. The minimum absolute atomic E-state index is 0.0962. The van der Waals surface area contributed by atoms with Gasteiger partial charge in [-0.05, 0) is 24.6 Å². The quantitative estimate of drug-likeness (QED) is 0.552. The van der Waals surface area contributed by atoms with Gasteiger partial charge in [-0.15, -0.1) is 11.3 Å². The predicted octanol–water partition coefficient (Wildman–Crippen LogP) is 3.86. The van der Waals surface area contributed by atoms with E-state index in [4.69, 9.17) is 9.47 Å². The molecule has 0 radical (unpaired) electrons. The molecule has 0 saturated carbocycles. The van der Waals surface area contributed by atoms with Crippen molar-refractivity contribution in [3.8, 4) is 0 Å². The molecular formula is C22H20N2O5S. The van der Waals surface area contributed by atoms with Gasteiger partial charge in [0, 0.05) is 5.38 Å². The number of thiazole rings is 1. The molecule has 1 N–H and O–H groups in total. The summed E-state index contributed by atoms with van der Waals surface area (Å²) in [6.07, 6.45) is 0.194. The molecule has 0 spiro atoms. The number of hydrogen-bond acceptors (Lipinski definition) is 7. The van der Waals surface area contributed by atoms with Crippen molar-refractivity contribution in [1.82, 2.24) is 4.98 Å². The van der Waals surface area contributed by atoms with E-state index in [0.29, 0.717) is 11.4 Å². The minimum atomic E-state index is -0.601. The first-order valence-corrected chi connectivity index (χ1v) is 10.2. The Morgan fingerprint density at radius 3 is 2.47 bits per heavy atom. The van der Waals surface area contributed by atoms with E-state index in [2.05, 4.69) is 10.3 Å². The second-order valence-corrected chi connectivity index (χ2v) is 7.05. The summed E-state index contributed by atoms with van der Waals surface area (Å²) >= 11 is 1.12. The Bertz CT molecular complexity index is 1030. The van der Waals surface area contributed by atoms with Gasteiger partial charge in [0.15, 0.2) is 0 Å². The lowest BCUT2D eigenvalue weighted by Gasteiger charge is -2.10. The Morgan fingerprint density at radius 1 is 0.967 bits per heavy atom. The molecule has 0 bridgehead atoms. The third-order valence-electron chi connectivity index (χ3n) is 3.98. The molecule has 154 valence electrons. The fourth-order valence-corrected chi connectivity index (χ4v) is 3.32. The lowest BCUT2D eigenvalue weighted by Crippen LogP contribution is -2.17. The number of nitrogens with zero attached hydrogens (tertiary/aromatic N) is 1. The maximum absolute atomic E-state index is 12.5. The monoisotopic (exact) mass is 424 g/mol. The van der Waals surface area contributed by atoms with Crippen molar-refractivity contribution in [3.63, 3.8) is 0 Å². The van der Waals surface area contributed by atoms with Gasteiger partial charge in [0.2, 0.25) is 10.9 Å². The molecule has 8 heteroatoms. The molecule has 0 aliphatic carbocycles. The number of ether oxygens (including phenoxy) is 2. The Morgan fingerprint density at radius 2 is 1.70 bits per heavy atom. The van der Waals surface area contributed by atoms with Crippen molar-refractivity contribution < 1.29 is 23.9 Å². The molecule has 7 nitrogen and oxygen atoms in total. The summed E-state index contributed by atoms with van der Waals surface area (Å²) < 4.78 is 10.2. The largest absolute Gasteiger partial charge is 0.461 e. The smallest absolute Gasteiger partial charge is 0.367 e. The molecule has 0 atom stereocenters. The van der Waals surface area contributed by atoms with E-state index in [1.807, 2.05) is 30.3 Å². The van der Waals surface area contributed by atoms with Crippen molar-refractivity contribution in [3.05, 3.63) is 81.8 Å². The van der Waals surface area contributed by atoms with Gasteiger partial charge in [-0.3, -0.25) is 4.79 Å². The van der Waals surface area contributed by atoms with E-state index in [9.17, 15) is 14.4 Å². The van der Waals surface area contributed by atoms with Crippen molar-refractivity contribution in [2.75, 3.05) is 11.9 Å². The van der Waals surface area contributed by atoms with Crippen LogP contribution in [-0.4, -0.2) is 29.4 Å². The second-order valence-electron chi connectivity index (χ2n) is 6.20. The summed E-state index contributed by atoms with van der Waals surface area (Å²) in [5.41, 5.74) is 1.92. The summed E-state index contributed by atoms with van der Waals surface area (Å²) in [5.74, 6) is -1.34. The number of carbonyl (C=O) groups is 3. The van der Waals surface area contributed by atoms with Crippen LogP contribution < -0.4 is 5.32 Å². The molecule has 3 rings (SSSR count). The Kier molecular flexibility index (Phi) is 7.29. The fourth-order valence-electron chi connectivity index (χ4n) is 2.62. The fraction of sp³-hybridized carbons (Fsp3) is 0.182. The first-order valence-electron chi connectivity index (χ1n) is 9.28. The maximum Gasteiger partial charge on any atom is 0.367 e. The van der Waals surface area contributed by atoms with Crippen molar-refractivity contribution in [2.45, 2.75) is 20.0 Å². The van der Waals surface area contributed by atoms with Gasteiger partial charge < -0.3 is 14.8 Å². The zero-order valence-corrected chi connectivity index (χ0v) is 17.1. The number of nitrogens with one attached hydrogen (secondary N) is 1. The number of anilines is 1. The number of aromatic nitrogens is 1. The number of para-hydroxylation sites is 1. The number of hydrogen-bond donors (Lipinski definition) is 1. The van der Waals surface area contributed by atoms with E-state index in [0.717, 1.165) is 16.9 Å². The zero-order chi connectivity index (χ0) is 21.3. The summed E-state index contributed by atoms with van der Waals surface area (Å²) in [6.45, 7) is 1.88. The molecule has 1 heterocycles. The molecule has 0 fully saturated rings. The van der Waals surface area contributed by atoms with Gasteiger partial charge in [0.05, 0.1) is 30.0 Å². The maximum atomic E-state index is 12.5. The summed E-state index contributed by atoms with van der Waals surface area (Å²) in [6, 6.07) is 15.9. The lowest BCUT2D eigenvalue weighted by atomic mass is 10.1. The van der Waals surface area contributed by atoms with Crippen molar-refractivity contribution in [1.29, 1.82) is 0 Å². The number of esters is 2. The van der Waals surface area contributed by atoms with E-state index < -0.39 is 11.9 Å². The standard InChI is InChI=1S/C22H20N2O5S/c1-2-28-22(27)20-23-16(14-30-20)13-29-21(26)17-10-6-7-11-18(17)24-19(25)12-15-8-4-3-5-9-15/h3-11,14H,2,12-13H2,1H3,(H,24,25). The Labute approximate surface area is 177 Å². The highest BCUT2D eigenvalue weighted by Gasteiger charge is 2.17. The van der Waals surface area contributed by atoms with E-state index in [1.165, 1.54) is 0 Å². The SMILES string of the molecule is CCOC(=O)c1nc(COC(=O)c2ccccc2NC(=O)Cc2ccccc2)cs1. The summed E-state index contributed by atoms with van der Waals surface area (Å²) in [5, 5.41) is 4.59. The van der Waals surface area contributed by atoms with Crippen LogP contribution in [0.2, 0.25) is 0 Å². The Hall–Kier alpha value is -3.52. The van der Waals surface area contributed by atoms with E-state index >= 15 is 0 Å². The molecule has 0 aliphatic rings. The third kappa shape index (κ3) is 5.74. The highest BCUT2D eigenvalue weighted by Crippen LogP contribution is 2.18. The van der Waals surface area contributed by atoms with Crippen LogP contribution >= 0.6 is 11.3 Å². The van der Waals surface area contributed by atoms with Gasteiger partial charge in [0.25, 0.3) is 0 Å². The molecule has 3 aromatic rings. The number of rotatable bonds is 8. The van der Waals surface area contributed by atoms with Crippen LogP contribution in [0.1, 0.15) is 38.3 Å². The minimum Gasteiger partial charge on any atom is -0.461 e. The van der Waals surface area contributed by atoms with Crippen LogP contribution in [0.4, 0.5) is 5.69 Å². The van der Waals surface area contributed by atoms with Gasteiger partial charge >= 0.3 is 11.9 Å². The van der Waals surface area contributed by atoms with Crippen LogP contribution in [0.25, 0.3) is 0 Å². The van der Waals surface area contributed by atoms with Crippen LogP contribution in [0, 0.1) is 0 Å². The molecule has 0 saturated heterocycles. The van der Waals surface area contributed by atoms with Crippen LogP contribution in [-0.2, 0) is 27.3 Å². The molecule has 0 unspecified atom stereocenters. The molecule has 1 amide bonds. The van der Waals surface area contributed by atoms with Gasteiger partial charge in [-0.2, -0.15) is 0 Å². The number of amides is 1. The van der Waals surface area contributed by atoms with Crippen LogP contribution in [0.5, 0.6) is 0 Å². The van der Waals surface area contributed by atoms with Gasteiger partial charge in [-0.1, -0.05) is 42.5 Å². The topological polar surface area (TPSA) is 94.6 Å². The number of benzene rings is 2. The van der Waals surface area contributed by atoms with Crippen molar-refractivity contribution in [2.24, 2.45) is 0 Å². The molecule has 0 aliphatic heterocycles. The van der Waals surface area contributed by atoms with E-state index in [1.54, 1.807) is 36.6 Å². The first kappa shape index (κ1) is 21.2. The van der Waals surface area contributed by atoms with Gasteiger partial charge in [0.1, 0.15) is 6.61 Å². The summed E-state index contributed by atoms with van der Waals surface area (Å²) in [7, 11) is 0. The first-order chi connectivity index (χ1) is 14.6.